The molecule has 10 heteroatoms. The SMILES string of the molecule is Cc1ccc(C)c(-n2c(C)nnc2SCC(=O)Nc2ccc(C)c(-n3nnnc3C)c2)c1. The van der Waals surface area contributed by atoms with Crippen molar-refractivity contribution >= 4 is 23.4 Å². The number of carbonyl (C=O) groups excluding carboxylic acids is 1. The highest BCUT2D eigenvalue weighted by atomic mass is 32.2. The molecule has 32 heavy (non-hydrogen) atoms. The number of amides is 1. The highest BCUT2D eigenvalue weighted by Gasteiger charge is 2.16. The van der Waals surface area contributed by atoms with Gasteiger partial charge in [-0.05, 0) is 79.9 Å². The van der Waals surface area contributed by atoms with Gasteiger partial charge in [-0.15, -0.1) is 15.3 Å². The van der Waals surface area contributed by atoms with E-state index in [2.05, 4.69) is 63.1 Å². The topological polar surface area (TPSA) is 103 Å². The van der Waals surface area contributed by atoms with Crippen molar-refractivity contribution < 1.29 is 4.79 Å². The molecule has 0 radical (unpaired) electrons. The van der Waals surface area contributed by atoms with Crippen LogP contribution in [0, 0.1) is 34.6 Å². The van der Waals surface area contributed by atoms with Crippen LogP contribution in [-0.4, -0.2) is 46.6 Å². The molecule has 0 bridgehead atoms. The number of anilines is 1. The molecule has 0 aliphatic rings. The average Bonchev–Trinajstić information content (AvgIpc) is 3.35. The maximum absolute atomic E-state index is 12.7. The molecule has 164 valence electrons. The van der Waals surface area contributed by atoms with E-state index >= 15 is 0 Å². The van der Waals surface area contributed by atoms with Crippen molar-refractivity contribution in [3.05, 3.63) is 64.7 Å². The van der Waals surface area contributed by atoms with E-state index in [1.54, 1.807) is 4.68 Å². The van der Waals surface area contributed by atoms with Crippen molar-refractivity contribution in [1.82, 2.24) is 35.0 Å². The summed E-state index contributed by atoms with van der Waals surface area (Å²) in [7, 11) is 0. The van der Waals surface area contributed by atoms with Gasteiger partial charge in [0.2, 0.25) is 5.91 Å². The number of aryl methyl sites for hydroxylation is 5. The Balaban J connectivity index is 1.49. The highest BCUT2D eigenvalue weighted by molar-refractivity contribution is 7.99. The number of nitrogens with zero attached hydrogens (tertiary/aromatic N) is 7. The Kier molecular flexibility index (Phi) is 6.04. The zero-order valence-corrected chi connectivity index (χ0v) is 19.4. The van der Waals surface area contributed by atoms with Gasteiger partial charge in [0.25, 0.3) is 0 Å². The lowest BCUT2D eigenvalue weighted by atomic mass is 10.1. The van der Waals surface area contributed by atoms with Crippen LogP contribution in [0.5, 0.6) is 0 Å². The predicted octanol–water partition coefficient (Wildman–Crippen LogP) is 3.52. The summed E-state index contributed by atoms with van der Waals surface area (Å²) < 4.78 is 3.64. The maximum atomic E-state index is 12.7. The molecule has 4 aromatic rings. The number of nitrogens with one attached hydrogen (secondary N) is 1. The molecule has 2 heterocycles. The number of rotatable bonds is 6. The first-order valence-corrected chi connectivity index (χ1v) is 11.1. The molecule has 0 spiro atoms. The van der Waals surface area contributed by atoms with Crippen molar-refractivity contribution in [2.24, 2.45) is 0 Å². The number of thioether (sulfide) groups is 1. The van der Waals surface area contributed by atoms with Gasteiger partial charge in [0, 0.05) is 5.69 Å². The molecule has 2 aromatic carbocycles. The van der Waals surface area contributed by atoms with Crippen molar-refractivity contribution in [2.75, 3.05) is 11.1 Å². The van der Waals surface area contributed by atoms with Crippen LogP contribution in [0.2, 0.25) is 0 Å². The van der Waals surface area contributed by atoms with Gasteiger partial charge in [-0.2, -0.15) is 4.68 Å². The van der Waals surface area contributed by atoms with Crippen LogP contribution >= 0.6 is 11.8 Å². The molecule has 4 rings (SSSR count). The Labute approximate surface area is 190 Å². The van der Waals surface area contributed by atoms with Crippen molar-refractivity contribution in [1.29, 1.82) is 0 Å². The first-order chi connectivity index (χ1) is 15.3. The molecular weight excluding hydrogens is 424 g/mol. The summed E-state index contributed by atoms with van der Waals surface area (Å²) in [4.78, 5) is 12.7. The third kappa shape index (κ3) is 4.40. The maximum Gasteiger partial charge on any atom is 0.234 e. The second-order valence-electron chi connectivity index (χ2n) is 7.63. The smallest absolute Gasteiger partial charge is 0.234 e. The van der Waals surface area contributed by atoms with Gasteiger partial charge < -0.3 is 5.32 Å². The summed E-state index contributed by atoms with van der Waals surface area (Å²) in [6.45, 7) is 9.82. The number of hydrogen-bond acceptors (Lipinski definition) is 7. The van der Waals surface area contributed by atoms with Gasteiger partial charge in [0.15, 0.2) is 11.0 Å². The van der Waals surface area contributed by atoms with Crippen LogP contribution in [0.3, 0.4) is 0 Å². The summed E-state index contributed by atoms with van der Waals surface area (Å²) in [5, 5.41) is 23.8. The highest BCUT2D eigenvalue weighted by Crippen LogP contribution is 2.25. The van der Waals surface area contributed by atoms with Gasteiger partial charge in [0.1, 0.15) is 5.82 Å². The fourth-order valence-corrected chi connectivity index (χ4v) is 4.16. The van der Waals surface area contributed by atoms with E-state index in [9.17, 15) is 4.79 Å². The molecule has 0 saturated heterocycles. The Hall–Kier alpha value is -3.53. The van der Waals surface area contributed by atoms with Gasteiger partial charge in [-0.25, -0.2) is 0 Å². The van der Waals surface area contributed by atoms with E-state index in [0.29, 0.717) is 16.7 Å². The molecule has 1 N–H and O–H groups in total. The first kappa shape index (κ1) is 21.7. The van der Waals surface area contributed by atoms with Crippen LogP contribution in [-0.2, 0) is 4.79 Å². The molecule has 0 saturated carbocycles. The van der Waals surface area contributed by atoms with E-state index in [4.69, 9.17) is 0 Å². The molecule has 0 aliphatic carbocycles. The van der Waals surface area contributed by atoms with Crippen LogP contribution < -0.4 is 5.32 Å². The molecule has 0 unspecified atom stereocenters. The number of aromatic nitrogens is 7. The number of hydrogen-bond donors (Lipinski definition) is 1. The Morgan fingerprint density at radius 2 is 1.66 bits per heavy atom. The summed E-state index contributed by atoms with van der Waals surface area (Å²) in [5.41, 5.74) is 5.80. The number of tetrazole rings is 1. The van der Waals surface area contributed by atoms with E-state index < -0.39 is 0 Å². The zero-order chi connectivity index (χ0) is 22.8. The minimum atomic E-state index is -0.133. The third-order valence-corrected chi connectivity index (χ3v) is 6.01. The molecule has 2 aromatic heterocycles. The van der Waals surface area contributed by atoms with Crippen molar-refractivity contribution in [3.63, 3.8) is 0 Å². The Morgan fingerprint density at radius 1 is 0.906 bits per heavy atom. The lowest BCUT2D eigenvalue weighted by molar-refractivity contribution is -0.113. The normalized spacial score (nSPS) is 11.0. The predicted molar refractivity (Wildman–Crippen MR) is 124 cm³/mol. The summed E-state index contributed by atoms with van der Waals surface area (Å²) in [6, 6.07) is 11.9. The zero-order valence-electron chi connectivity index (χ0n) is 18.6. The van der Waals surface area contributed by atoms with Crippen molar-refractivity contribution in [2.45, 2.75) is 39.8 Å². The van der Waals surface area contributed by atoms with Gasteiger partial charge >= 0.3 is 0 Å². The minimum absolute atomic E-state index is 0.133. The van der Waals surface area contributed by atoms with Crippen molar-refractivity contribution in [3.8, 4) is 11.4 Å². The third-order valence-electron chi connectivity index (χ3n) is 5.08. The lowest BCUT2D eigenvalue weighted by Gasteiger charge is -2.13. The minimum Gasteiger partial charge on any atom is -0.325 e. The van der Waals surface area contributed by atoms with E-state index in [-0.39, 0.29) is 11.7 Å². The second-order valence-corrected chi connectivity index (χ2v) is 8.57. The van der Waals surface area contributed by atoms with E-state index in [1.165, 1.54) is 11.8 Å². The van der Waals surface area contributed by atoms with Gasteiger partial charge in [-0.1, -0.05) is 30.0 Å². The van der Waals surface area contributed by atoms with Crippen LogP contribution in [0.25, 0.3) is 11.4 Å². The van der Waals surface area contributed by atoms with Gasteiger partial charge in [0.05, 0.1) is 17.1 Å². The summed E-state index contributed by atoms with van der Waals surface area (Å²) in [5.74, 6) is 1.53. The molecule has 0 fully saturated rings. The summed E-state index contributed by atoms with van der Waals surface area (Å²) in [6.07, 6.45) is 0. The quantitative estimate of drug-likeness (QED) is 0.450. The average molecular weight is 449 g/mol. The molecule has 1 amide bonds. The second kappa shape index (κ2) is 8.91. The Bertz CT molecular complexity index is 1290. The van der Waals surface area contributed by atoms with Crippen LogP contribution in [0.15, 0.2) is 41.6 Å². The first-order valence-electron chi connectivity index (χ1n) is 10.1. The van der Waals surface area contributed by atoms with Gasteiger partial charge in [-0.3, -0.25) is 9.36 Å². The fourth-order valence-electron chi connectivity index (χ4n) is 3.37. The molecule has 0 aliphatic heterocycles. The van der Waals surface area contributed by atoms with E-state index in [0.717, 1.165) is 33.9 Å². The molecular formula is C22H24N8OS. The molecule has 0 atom stereocenters. The largest absolute Gasteiger partial charge is 0.325 e. The van der Waals surface area contributed by atoms with Crippen LogP contribution in [0.1, 0.15) is 28.3 Å². The summed E-state index contributed by atoms with van der Waals surface area (Å²) >= 11 is 1.35. The number of benzene rings is 2. The van der Waals surface area contributed by atoms with E-state index in [1.807, 2.05) is 43.5 Å². The monoisotopic (exact) mass is 448 g/mol. The standard InChI is InChI=1S/C22H24N8OS/c1-13-6-7-14(2)19(10-13)29-16(4)24-26-22(29)32-12-21(31)23-18-9-8-15(3)20(11-18)30-17(5)25-27-28-30/h6-11H,12H2,1-5H3,(H,23,31). The van der Waals surface area contributed by atoms with Crippen LogP contribution in [0.4, 0.5) is 5.69 Å². The number of carbonyl (C=O) groups is 1. The lowest BCUT2D eigenvalue weighted by Crippen LogP contribution is -2.15. The molecule has 9 nitrogen and oxygen atoms in total. The fraction of sp³-hybridized carbons (Fsp3) is 0.273. The Morgan fingerprint density at radius 3 is 2.41 bits per heavy atom.